The first kappa shape index (κ1) is 13.3. The molecule has 0 unspecified atom stereocenters. The summed E-state index contributed by atoms with van der Waals surface area (Å²) in [6.45, 7) is 0. The second-order valence-corrected chi connectivity index (χ2v) is 7.51. The second-order valence-electron chi connectivity index (χ2n) is 4.93. The number of nitrogen functional groups attached to an aromatic ring is 1. The summed E-state index contributed by atoms with van der Waals surface area (Å²) in [5.41, 5.74) is 2.25. The van der Waals surface area contributed by atoms with E-state index in [1.165, 1.54) is 18.4 Å². The fourth-order valence-corrected chi connectivity index (χ4v) is 4.43. The largest absolute Gasteiger partial charge is 0.336 e. The molecular weight excluding hydrogens is 322 g/mol. The first-order valence-corrected chi connectivity index (χ1v) is 9.42. The predicted molar refractivity (Wildman–Crippen MR) is 87.1 cm³/mol. The summed E-state index contributed by atoms with van der Waals surface area (Å²) >= 11 is 4.95. The maximum atomic E-state index is 6.05. The molecule has 3 heterocycles. The minimum atomic E-state index is 0.515. The number of nitrogens with two attached hydrogens (primary N) is 1. The molecule has 3 aromatic rings. The third-order valence-electron chi connectivity index (χ3n) is 3.30. The Kier molecular flexibility index (Phi) is 3.44. The SMILES string of the molecule is Nn1c(SCc2csc(-c3ccsc3)n2)nnc1C1CC1. The summed E-state index contributed by atoms with van der Waals surface area (Å²) in [4.78, 5) is 4.66. The summed E-state index contributed by atoms with van der Waals surface area (Å²) in [6.07, 6.45) is 2.35. The zero-order valence-corrected chi connectivity index (χ0v) is 13.5. The van der Waals surface area contributed by atoms with Crippen LogP contribution < -0.4 is 5.84 Å². The van der Waals surface area contributed by atoms with Gasteiger partial charge >= 0.3 is 0 Å². The van der Waals surface area contributed by atoms with Gasteiger partial charge in [0.2, 0.25) is 5.16 Å². The highest BCUT2D eigenvalue weighted by Crippen LogP contribution is 2.39. The summed E-state index contributed by atoms with van der Waals surface area (Å²) in [5, 5.41) is 16.5. The molecule has 1 saturated carbocycles. The van der Waals surface area contributed by atoms with Crippen LogP contribution in [0.5, 0.6) is 0 Å². The average molecular weight is 335 g/mol. The molecule has 0 radical (unpaired) electrons. The third-order valence-corrected chi connectivity index (χ3v) is 5.90. The number of rotatable bonds is 5. The fraction of sp³-hybridized carbons (Fsp3) is 0.308. The maximum absolute atomic E-state index is 6.05. The molecular formula is C13H13N5S3. The number of hydrogen-bond donors (Lipinski definition) is 1. The van der Waals surface area contributed by atoms with Crippen LogP contribution in [-0.2, 0) is 5.75 Å². The van der Waals surface area contributed by atoms with Crippen molar-refractivity contribution in [3.05, 3.63) is 33.7 Å². The Morgan fingerprint density at radius 3 is 3.00 bits per heavy atom. The molecule has 8 heteroatoms. The van der Waals surface area contributed by atoms with Gasteiger partial charge in [-0.05, 0) is 24.3 Å². The van der Waals surface area contributed by atoms with Crippen LogP contribution in [0.4, 0.5) is 0 Å². The van der Waals surface area contributed by atoms with Crippen LogP contribution in [0.3, 0.4) is 0 Å². The molecule has 0 amide bonds. The van der Waals surface area contributed by atoms with Crippen LogP contribution in [0, 0.1) is 0 Å². The smallest absolute Gasteiger partial charge is 0.210 e. The number of thioether (sulfide) groups is 1. The van der Waals surface area contributed by atoms with Crippen LogP contribution in [0.25, 0.3) is 10.6 Å². The Bertz CT molecular complexity index is 742. The Morgan fingerprint density at radius 2 is 2.24 bits per heavy atom. The van der Waals surface area contributed by atoms with E-state index in [2.05, 4.69) is 37.4 Å². The minimum absolute atomic E-state index is 0.515. The highest BCUT2D eigenvalue weighted by molar-refractivity contribution is 7.98. The van der Waals surface area contributed by atoms with Crippen LogP contribution >= 0.6 is 34.4 Å². The molecule has 0 bridgehead atoms. The molecule has 21 heavy (non-hydrogen) atoms. The van der Waals surface area contributed by atoms with E-state index in [1.807, 2.05) is 0 Å². The van der Waals surface area contributed by atoms with Gasteiger partial charge in [-0.25, -0.2) is 9.66 Å². The van der Waals surface area contributed by atoms with E-state index in [9.17, 15) is 0 Å². The molecule has 0 atom stereocenters. The van der Waals surface area contributed by atoms with Crippen LogP contribution in [-0.4, -0.2) is 19.9 Å². The van der Waals surface area contributed by atoms with Gasteiger partial charge in [0.15, 0.2) is 5.82 Å². The predicted octanol–water partition coefficient (Wildman–Crippen LogP) is 3.35. The van der Waals surface area contributed by atoms with Crippen molar-refractivity contribution in [2.24, 2.45) is 0 Å². The molecule has 1 fully saturated rings. The van der Waals surface area contributed by atoms with Crippen molar-refractivity contribution in [1.29, 1.82) is 0 Å². The Hall–Kier alpha value is -1.38. The van der Waals surface area contributed by atoms with Crippen LogP contribution in [0.2, 0.25) is 0 Å². The topological polar surface area (TPSA) is 69.6 Å². The summed E-state index contributed by atoms with van der Waals surface area (Å²) in [6, 6.07) is 2.10. The van der Waals surface area contributed by atoms with Crippen molar-refractivity contribution in [2.75, 3.05) is 5.84 Å². The Balaban J connectivity index is 1.45. The highest BCUT2D eigenvalue weighted by Gasteiger charge is 2.29. The van der Waals surface area contributed by atoms with Crippen LogP contribution in [0.15, 0.2) is 27.4 Å². The van der Waals surface area contributed by atoms with Gasteiger partial charge in [-0.3, -0.25) is 0 Å². The first-order chi connectivity index (χ1) is 10.3. The number of thiophene rings is 1. The molecule has 3 aromatic heterocycles. The first-order valence-electron chi connectivity index (χ1n) is 6.61. The highest BCUT2D eigenvalue weighted by atomic mass is 32.2. The third kappa shape index (κ3) is 2.70. The van der Waals surface area contributed by atoms with Gasteiger partial charge in [0.25, 0.3) is 0 Å². The lowest BCUT2D eigenvalue weighted by Gasteiger charge is -2.01. The lowest BCUT2D eigenvalue weighted by molar-refractivity contribution is 0.790. The van der Waals surface area contributed by atoms with E-state index >= 15 is 0 Å². The van der Waals surface area contributed by atoms with E-state index in [0.717, 1.165) is 27.4 Å². The Labute approximate surface area is 134 Å². The average Bonchev–Trinajstić information content (AvgIpc) is 2.94. The van der Waals surface area contributed by atoms with Crippen molar-refractivity contribution < 1.29 is 0 Å². The molecule has 0 spiro atoms. The van der Waals surface area contributed by atoms with Crippen molar-refractivity contribution >= 4 is 34.4 Å². The number of aromatic nitrogens is 4. The summed E-state index contributed by atoms with van der Waals surface area (Å²) in [5.74, 6) is 8.24. The molecule has 0 aliphatic heterocycles. The van der Waals surface area contributed by atoms with E-state index in [0.29, 0.717) is 5.92 Å². The lowest BCUT2D eigenvalue weighted by Crippen LogP contribution is -2.13. The zero-order chi connectivity index (χ0) is 14.2. The quantitative estimate of drug-likeness (QED) is 0.572. The van der Waals surface area contributed by atoms with E-state index in [-0.39, 0.29) is 0 Å². The molecule has 5 nitrogen and oxygen atoms in total. The second kappa shape index (κ2) is 5.43. The molecule has 108 valence electrons. The maximum Gasteiger partial charge on any atom is 0.210 e. The zero-order valence-electron chi connectivity index (χ0n) is 11.1. The molecule has 2 N–H and O–H groups in total. The van der Waals surface area contributed by atoms with Gasteiger partial charge in [0.1, 0.15) is 5.01 Å². The van der Waals surface area contributed by atoms with E-state index in [1.54, 1.807) is 39.1 Å². The fourth-order valence-electron chi connectivity index (χ4n) is 2.04. The number of nitrogens with zero attached hydrogens (tertiary/aromatic N) is 4. The van der Waals surface area contributed by atoms with Crippen LogP contribution in [0.1, 0.15) is 30.3 Å². The van der Waals surface area contributed by atoms with Crippen molar-refractivity contribution in [3.63, 3.8) is 0 Å². The van der Waals surface area contributed by atoms with Gasteiger partial charge < -0.3 is 5.84 Å². The van der Waals surface area contributed by atoms with Gasteiger partial charge in [0.05, 0.1) is 5.69 Å². The van der Waals surface area contributed by atoms with Gasteiger partial charge in [0, 0.05) is 28.0 Å². The monoisotopic (exact) mass is 335 g/mol. The normalized spacial score (nSPS) is 14.7. The van der Waals surface area contributed by atoms with Crippen molar-refractivity contribution in [1.82, 2.24) is 19.9 Å². The van der Waals surface area contributed by atoms with Crippen molar-refractivity contribution in [3.8, 4) is 10.6 Å². The number of hydrogen-bond acceptors (Lipinski definition) is 7. The molecule has 0 aromatic carbocycles. The molecule has 1 aliphatic carbocycles. The minimum Gasteiger partial charge on any atom is -0.336 e. The van der Waals surface area contributed by atoms with E-state index < -0.39 is 0 Å². The van der Waals surface area contributed by atoms with E-state index in [4.69, 9.17) is 5.84 Å². The standard InChI is InChI=1S/C13H13N5S3/c14-18-11(8-1-2-8)16-17-13(18)21-7-10-6-20-12(15-10)9-3-4-19-5-9/h3-6,8H,1-2,7,14H2. The van der Waals surface area contributed by atoms with Gasteiger partial charge in [-0.2, -0.15) is 11.3 Å². The summed E-state index contributed by atoms with van der Waals surface area (Å²) < 4.78 is 1.63. The number of thiazole rings is 1. The molecule has 0 saturated heterocycles. The Morgan fingerprint density at radius 1 is 1.33 bits per heavy atom. The van der Waals surface area contributed by atoms with Gasteiger partial charge in [-0.15, -0.1) is 21.5 Å². The van der Waals surface area contributed by atoms with Gasteiger partial charge in [-0.1, -0.05) is 11.8 Å². The molecule has 1 aliphatic rings. The summed E-state index contributed by atoms with van der Waals surface area (Å²) in [7, 11) is 0. The lowest BCUT2D eigenvalue weighted by atomic mass is 10.4. The van der Waals surface area contributed by atoms with Crippen molar-refractivity contribution in [2.45, 2.75) is 29.7 Å². The molecule has 4 rings (SSSR count).